The van der Waals surface area contributed by atoms with Crippen molar-refractivity contribution < 1.29 is 19.1 Å². The molecule has 6 heteroatoms. The third-order valence-corrected chi connectivity index (χ3v) is 2.64. The molecule has 5 nitrogen and oxygen atoms in total. The number of aromatic nitrogens is 1. The van der Waals surface area contributed by atoms with Crippen molar-refractivity contribution in [2.45, 2.75) is 12.3 Å². The van der Waals surface area contributed by atoms with Gasteiger partial charge in [0.2, 0.25) is 5.88 Å². The molecule has 1 saturated heterocycles. The first-order valence-electron chi connectivity index (χ1n) is 4.56. The van der Waals surface area contributed by atoms with Crippen LogP contribution in [0.3, 0.4) is 0 Å². The molecule has 0 radical (unpaired) electrons. The summed E-state index contributed by atoms with van der Waals surface area (Å²) < 4.78 is 9.47. The molecular formula is C10H8ClNO4. The zero-order valence-electron chi connectivity index (χ0n) is 8.40. The third-order valence-electron chi connectivity index (χ3n) is 2.31. The van der Waals surface area contributed by atoms with E-state index in [2.05, 4.69) is 9.72 Å². The van der Waals surface area contributed by atoms with Crippen molar-refractivity contribution in [2.75, 3.05) is 7.11 Å². The molecule has 0 aliphatic carbocycles. The van der Waals surface area contributed by atoms with Gasteiger partial charge in [0, 0.05) is 11.8 Å². The number of nitrogens with zero attached hydrogens (tertiary/aromatic N) is 1. The molecule has 2 heterocycles. The van der Waals surface area contributed by atoms with E-state index in [-0.39, 0.29) is 12.3 Å². The first-order chi connectivity index (χ1) is 7.63. The van der Waals surface area contributed by atoms with Crippen LogP contribution >= 0.6 is 11.6 Å². The van der Waals surface area contributed by atoms with Gasteiger partial charge in [0.25, 0.3) is 0 Å². The van der Waals surface area contributed by atoms with Crippen LogP contribution in [0.25, 0.3) is 0 Å². The average molecular weight is 242 g/mol. The van der Waals surface area contributed by atoms with Crippen molar-refractivity contribution in [3.05, 3.63) is 22.8 Å². The number of halogens is 1. The largest absolute Gasteiger partial charge is 0.481 e. The van der Waals surface area contributed by atoms with E-state index in [1.54, 1.807) is 0 Å². The second-order valence-corrected chi connectivity index (χ2v) is 3.67. The smallest absolute Gasteiger partial charge is 0.321 e. The molecule has 1 aromatic rings. The zero-order valence-corrected chi connectivity index (χ0v) is 9.15. The first kappa shape index (κ1) is 10.9. The summed E-state index contributed by atoms with van der Waals surface area (Å²) in [6, 6.07) is 1.54. The number of pyridine rings is 1. The molecule has 0 aromatic carbocycles. The van der Waals surface area contributed by atoms with Crippen LogP contribution in [0.4, 0.5) is 0 Å². The second-order valence-electron chi connectivity index (χ2n) is 3.27. The number of carbonyl (C=O) groups is 2. The number of hydrogen-bond acceptors (Lipinski definition) is 5. The maximum Gasteiger partial charge on any atom is 0.321 e. The summed E-state index contributed by atoms with van der Waals surface area (Å²) in [5, 5.41) is 0.337. The highest BCUT2D eigenvalue weighted by Gasteiger charge is 2.38. The Morgan fingerprint density at radius 2 is 2.31 bits per heavy atom. The van der Waals surface area contributed by atoms with Gasteiger partial charge in [-0.05, 0) is 6.07 Å². The van der Waals surface area contributed by atoms with Gasteiger partial charge in [0.1, 0.15) is 0 Å². The van der Waals surface area contributed by atoms with Crippen molar-refractivity contribution in [2.24, 2.45) is 0 Å². The molecule has 1 fully saturated rings. The fourth-order valence-electron chi connectivity index (χ4n) is 1.60. The van der Waals surface area contributed by atoms with E-state index in [4.69, 9.17) is 16.3 Å². The number of carbonyl (C=O) groups excluding carboxylic acids is 2. The molecule has 1 aliphatic rings. The normalized spacial score (nSPS) is 19.8. The highest BCUT2D eigenvalue weighted by Crippen LogP contribution is 2.37. The predicted octanol–water partition coefficient (Wildman–Crippen LogP) is 1.30. The van der Waals surface area contributed by atoms with E-state index >= 15 is 0 Å². The van der Waals surface area contributed by atoms with E-state index in [1.165, 1.54) is 19.4 Å². The van der Waals surface area contributed by atoms with Gasteiger partial charge < -0.3 is 9.47 Å². The van der Waals surface area contributed by atoms with Crippen molar-refractivity contribution in [1.82, 2.24) is 4.98 Å². The van der Waals surface area contributed by atoms with Gasteiger partial charge in [0.15, 0.2) is 0 Å². The highest BCUT2D eigenvalue weighted by atomic mass is 35.5. The van der Waals surface area contributed by atoms with Gasteiger partial charge in [-0.1, -0.05) is 11.6 Å². The summed E-state index contributed by atoms with van der Waals surface area (Å²) >= 11 is 5.96. The molecule has 0 amide bonds. The molecule has 1 aromatic heterocycles. The maximum absolute atomic E-state index is 11.4. The Morgan fingerprint density at radius 1 is 1.56 bits per heavy atom. The van der Waals surface area contributed by atoms with Gasteiger partial charge in [-0.25, -0.2) is 4.98 Å². The van der Waals surface area contributed by atoms with Crippen LogP contribution in [0.2, 0.25) is 5.02 Å². The molecule has 0 spiro atoms. The summed E-state index contributed by atoms with van der Waals surface area (Å²) in [7, 11) is 1.42. The molecule has 84 valence electrons. The molecule has 0 saturated carbocycles. The van der Waals surface area contributed by atoms with Crippen LogP contribution in [-0.2, 0) is 14.3 Å². The van der Waals surface area contributed by atoms with E-state index in [9.17, 15) is 9.59 Å². The molecule has 1 atom stereocenters. The monoisotopic (exact) mass is 241 g/mol. The molecule has 0 bridgehead atoms. The van der Waals surface area contributed by atoms with Crippen molar-refractivity contribution in [1.29, 1.82) is 0 Å². The topological polar surface area (TPSA) is 65.5 Å². The standard InChI is InChI=1S/C10H8ClNO4/c1-15-9-8(6(11)2-3-12-9)5-4-7(13)16-10(5)14/h2-3,5H,4H2,1H3. The Kier molecular flexibility index (Phi) is 2.78. The van der Waals surface area contributed by atoms with Gasteiger partial charge in [-0.15, -0.1) is 0 Å². The van der Waals surface area contributed by atoms with Crippen molar-refractivity contribution in [3.8, 4) is 5.88 Å². The minimum atomic E-state index is -0.719. The van der Waals surface area contributed by atoms with Crippen LogP contribution in [0.5, 0.6) is 5.88 Å². The maximum atomic E-state index is 11.4. The fraction of sp³-hybridized carbons (Fsp3) is 0.300. The van der Waals surface area contributed by atoms with E-state index in [1.807, 2.05) is 0 Å². The molecule has 16 heavy (non-hydrogen) atoms. The van der Waals surface area contributed by atoms with E-state index < -0.39 is 17.9 Å². The van der Waals surface area contributed by atoms with Crippen LogP contribution in [0.1, 0.15) is 17.9 Å². The molecule has 0 N–H and O–H groups in total. The Balaban J connectivity index is 2.47. The number of ether oxygens (including phenoxy) is 2. The highest BCUT2D eigenvalue weighted by molar-refractivity contribution is 6.32. The quantitative estimate of drug-likeness (QED) is 0.577. The molecular weight excluding hydrogens is 234 g/mol. The van der Waals surface area contributed by atoms with Crippen LogP contribution < -0.4 is 4.74 Å². The summed E-state index contributed by atoms with van der Waals surface area (Å²) in [4.78, 5) is 26.4. The molecule has 1 aliphatic heterocycles. The number of cyclic esters (lactones) is 2. The number of hydrogen-bond donors (Lipinski definition) is 0. The second kappa shape index (κ2) is 4.09. The Bertz CT molecular complexity index is 460. The van der Waals surface area contributed by atoms with Crippen molar-refractivity contribution in [3.63, 3.8) is 0 Å². The minimum absolute atomic E-state index is 0.0272. The molecule has 2 rings (SSSR count). The summed E-state index contributed by atoms with van der Waals surface area (Å²) in [5.74, 6) is -1.65. The zero-order chi connectivity index (χ0) is 11.7. The number of esters is 2. The number of rotatable bonds is 2. The third kappa shape index (κ3) is 1.74. The lowest BCUT2D eigenvalue weighted by Gasteiger charge is -2.11. The van der Waals surface area contributed by atoms with Crippen molar-refractivity contribution >= 4 is 23.5 Å². The summed E-state index contributed by atoms with van der Waals surface area (Å²) in [6.07, 6.45) is 1.44. The van der Waals surface area contributed by atoms with Crippen LogP contribution in [0, 0.1) is 0 Å². The van der Waals surface area contributed by atoms with Gasteiger partial charge in [-0.3, -0.25) is 9.59 Å². The first-order valence-corrected chi connectivity index (χ1v) is 4.94. The summed E-state index contributed by atoms with van der Waals surface area (Å²) in [5.41, 5.74) is 0.405. The van der Waals surface area contributed by atoms with Gasteiger partial charge in [-0.2, -0.15) is 0 Å². The van der Waals surface area contributed by atoms with Gasteiger partial charge in [0.05, 0.1) is 24.5 Å². The lowest BCUT2D eigenvalue weighted by atomic mass is 9.99. The minimum Gasteiger partial charge on any atom is -0.481 e. The lowest BCUT2D eigenvalue weighted by molar-refractivity contribution is -0.152. The Hall–Kier alpha value is -1.62. The average Bonchev–Trinajstić information content (AvgIpc) is 2.57. The SMILES string of the molecule is COc1nccc(Cl)c1C1CC(=O)OC1=O. The Labute approximate surface area is 96.3 Å². The summed E-state index contributed by atoms with van der Waals surface area (Å²) in [6.45, 7) is 0. The Morgan fingerprint density at radius 3 is 2.88 bits per heavy atom. The lowest BCUT2D eigenvalue weighted by Crippen LogP contribution is -2.08. The fourth-order valence-corrected chi connectivity index (χ4v) is 1.87. The van der Waals surface area contributed by atoms with E-state index in [0.29, 0.717) is 10.6 Å². The van der Waals surface area contributed by atoms with Crippen LogP contribution in [0.15, 0.2) is 12.3 Å². The molecule has 1 unspecified atom stereocenters. The van der Waals surface area contributed by atoms with Gasteiger partial charge >= 0.3 is 11.9 Å². The van der Waals surface area contributed by atoms with E-state index in [0.717, 1.165) is 0 Å². The predicted molar refractivity (Wildman–Crippen MR) is 54.3 cm³/mol. The van der Waals surface area contributed by atoms with Crippen LogP contribution in [-0.4, -0.2) is 24.0 Å². The number of methoxy groups -OCH3 is 1.